The van der Waals surface area contributed by atoms with E-state index in [1.807, 2.05) is 15.5 Å². The summed E-state index contributed by atoms with van der Waals surface area (Å²) in [6, 6.07) is 10.9. The molecule has 1 aliphatic carbocycles. The molecular formula is C24H29ClN6O. The molecule has 168 valence electrons. The molecule has 7 nitrogen and oxygen atoms in total. The molecule has 2 aromatic heterocycles. The zero-order valence-electron chi connectivity index (χ0n) is 18.5. The molecule has 2 aliphatic rings. The Morgan fingerprint density at radius 1 is 1.03 bits per heavy atom. The van der Waals surface area contributed by atoms with Crippen molar-refractivity contribution in [3.63, 3.8) is 0 Å². The lowest BCUT2D eigenvalue weighted by Crippen LogP contribution is -2.50. The van der Waals surface area contributed by atoms with E-state index in [2.05, 4.69) is 39.1 Å². The predicted octanol–water partition coefficient (Wildman–Crippen LogP) is 4.11. The Kier molecular flexibility index (Phi) is 6.00. The van der Waals surface area contributed by atoms with Gasteiger partial charge in [-0.25, -0.2) is 4.98 Å². The van der Waals surface area contributed by atoms with Crippen molar-refractivity contribution < 1.29 is 4.79 Å². The number of piperazine rings is 1. The van der Waals surface area contributed by atoms with Gasteiger partial charge in [-0.2, -0.15) is 9.50 Å². The van der Waals surface area contributed by atoms with E-state index >= 15 is 0 Å². The maximum Gasteiger partial charge on any atom is 0.254 e. The number of carbonyl (C=O) groups excluding carboxylic acids is 1. The van der Waals surface area contributed by atoms with Gasteiger partial charge in [0.15, 0.2) is 0 Å². The summed E-state index contributed by atoms with van der Waals surface area (Å²) >= 11 is 5.96. The van der Waals surface area contributed by atoms with Crippen molar-refractivity contribution in [3.05, 3.63) is 42.1 Å². The number of aromatic nitrogens is 4. The minimum Gasteiger partial charge on any atom is -0.338 e. The summed E-state index contributed by atoms with van der Waals surface area (Å²) in [7, 11) is 0. The number of amides is 1. The smallest absolute Gasteiger partial charge is 0.254 e. The summed E-state index contributed by atoms with van der Waals surface area (Å²) in [5, 5.41) is 4.28. The molecule has 5 rings (SSSR count). The van der Waals surface area contributed by atoms with Gasteiger partial charge in [-0.05, 0) is 37.3 Å². The molecular weight excluding hydrogens is 424 g/mol. The molecule has 1 unspecified atom stereocenters. The molecule has 2 fully saturated rings. The van der Waals surface area contributed by atoms with Crippen LogP contribution in [0, 0.1) is 0 Å². The van der Waals surface area contributed by atoms with Gasteiger partial charge >= 0.3 is 0 Å². The van der Waals surface area contributed by atoms with Gasteiger partial charge in [-0.1, -0.05) is 43.5 Å². The van der Waals surface area contributed by atoms with Gasteiger partial charge in [0, 0.05) is 37.9 Å². The topological polar surface area (TPSA) is 66.6 Å². The third-order valence-electron chi connectivity index (χ3n) is 6.73. The van der Waals surface area contributed by atoms with Crippen LogP contribution in [0.15, 0.2) is 36.5 Å². The Bertz CT molecular complexity index is 1080. The Balaban J connectivity index is 1.35. The second-order valence-corrected chi connectivity index (χ2v) is 9.49. The van der Waals surface area contributed by atoms with Crippen LogP contribution in [-0.4, -0.2) is 61.9 Å². The third kappa shape index (κ3) is 4.18. The van der Waals surface area contributed by atoms with Crippen LogP contribution < -0.4 is 4.90 Å². The molecule has 1 aromatic carbocycles. The van der Waals surface area contributed by atoms with Crippen LogP contribution in [0.1, 0.15) is 50.5 Å². The molecule has 3 heterocycles. The monoisotopic (exact) mass is 452 g/mol. The number of anilines is 1. The summed E-state index contributed by atoms with van der Waals surface area (Å²) in [6.07, 6.45) is 8.44. The van der Waals surface area contributed by atoms with Crippen molar-refractivity contribution in [1.82, 2.24) is 24.5 Å². The minimum atomic E-state index is -0.494. The molecule has 3 aromatic rings. The highest BCUT2D eigenvalue weighted by Crippen LogP contribution is 2.33. The van der Waals surface area contributed by atoms with Crippen LogP contribution in [0.4, 0.5) is 5.95 Å². The van der Waals surface area contributed by atoms with Crippen molar-refractivity contribution in [1.29, 1.82) is 0 Å². The van der Waals surface area contributed by atoms with Gasteiger partial charge < -0.3 is 9.80 Å². The van der Waals surface area contributed by atoms with Crippen molar-refractivity contribution in [2.24, 2.45) is 0 Å². The molecule has 32 heavy (non-hydrogen) atoms. The van der Waals surface area contributed by atoms with Crippen molar-refractivity contribution in [3.8, 4) is 11.3 Å². The van der Waals surface area contributed by atoms with Crippen LogP contribution >= 0.6 is 11.6 Å². The number of hydrogen-bond donors (Lipinski definition) is 0. The van der Waals surface area contributed by atoms with E-state index in [1.165, 1.54) is 37.7 Å². The van der Waals surface area contributed by atoms with E-state index < -0.39 is 5.38 Å². The molecule has 1 amide bonds. The molecule has 1 saturated heterocycles. The van der Waals surface area contributed by atoms with Crippen LogP contribution in [0.25, 0.3) is 17.0 Å². The second kappa shape index (κ2) is 9.06. The fourth-order valence-corrected chi connectivity index (χ4v) is 5.01. The van der Waals surface area contributed by atoms with Gasteiger partial charge in [0.25, 0.3) is 5.78 Å². The lowest BCUT2D eigenvalue weighted by molar-refractivity contribution is -0.130. The lowest BCUT2D eigenvalue weighted by atomic mass is 9.84. The summed E-state index contributed by atoms with van der Waals surface area (Å²) in [5.74, 6) is 1.91. The van der Waals surface area contributed by atoms with Crippen LogP contribution in [0.2, 0.25) is 0 Å². The Labute approximate surface area is 193 Å². The minimum absolute atomic E-state index is 0.0186. The highest BCUT2D eigenvalue weighted by atomic mass is 35.5. The summed E-state index contributed by atoms with van der Waals surface area (Å²) in [6.45, 7) is 4.31. The first-order valence-corrected chi connectivity index (χ1v) is 12.0. The van der Waals surface area contributed by atoms with E-state index in [0.717, 1.165) is 11.3 Å². The Morgan fingerprint density at radius 2 is 1.75 bits per heavy atom. The zero-order chi connectivity index (χ0) is 22.1. The number of rotatable bonds is 4. The van der Waals surface area contributed by atoms with Crippen LogP contribution in [0.3, 0.4) is 0 Å². The van der Waals surface area contributed by atoms with E-state index in [9.17, 15) is 4.79 Å². The second-order valence-electron chi connectivity index (χ2n) is 8.84. The molecule has 1 aliphatic heterocycles. The highest BCUT2D eigenvalue weighted by Gasteiger charge is 2.26. The molecule has 0 N–H and O–H groups in total. The maximum absolute atomic E-state index is 12.1. The largest absolute Gasteiger partial charge is 0.338 e. The Hall–Kier alpha value is -2.67. The molecule has 1 saturated carbocycles. The van der Waals surface area contributed by atoms with Gasteiger partial charge in [-0.3, -0.25) is 4.79 Å². The average molecular weight is 453 g/mol. The normalized spacial score (nSPS) is 18.8. The fraction of sp³-hybridized carbons (Fsp3) is 0.500. The van der Waals surface area contributed by atoms with Gasteiger partial charge in [0.1, 0.15) is 5.38 Å². The molecule has 0 spiro atoms. The van der Waals surface area contributed by atoms with Crippen molar-refractivity contribution in [2.45, 2.75) is 50.3 Å². The number of nitrogens with zero attached hydrogens (tertiary/aromatic N) is 6. The van der Waals surface area contributed by atoms with Crippen molar-refractivity contribution >= 4 is 29.2 Å². The molecule has 8 heteroatoms. The number of benzene rings is 1. The highest BCUT2D eigenvalue weighted by molar-refractivity contribution is 6.30. The molecule has 1 atom stereocenters. The van der Waals surface area contributed by atoms with Crippen molar-refractivity contribution in [2.75, 3.05) is 31.1 Å². The van der Waals surface area contributed by atoms with Gasteiger partial charge in [-0.15, -0.1) is 16.7 Å². The molecule has 0 bridgehead atoms. The van der Waals surface area contributed by atoms with Gasteiger partial charge in [0.2, 0.25) is 11.9 Å². The quantitative estimate of drug-likeness (QED) is 0.557. The number of fused-ring (bicyclic) bond motifs is 1. The van der Waals surface area contributed by atoms with E-state index in [0.29, 0.717) is 43.8 Å². The number of hydrogen-bond acceptors (Lipinski definition) is 5. The first-order chi connectivity index (χ1) is 15.6. The number of carbonyl (C=O) groups is 1. The maximum atomic E-state index is 12.1. The zero-order valence-corrected chi connectivity index (χ0v) is 19.2. The first kappa shape index (κ1) is 21.2. The third-order valence-corrected chi connectivity index (χ3v) is 6.91. The SMILES string of the molecule is CC(Cl)C(=O)N1CCN(c2nc3nccc(-c4ccc(C5CCCCC5)cc4)n3n2)CC1. The summed E-state index contributed by atoms with van der Waals surface area (Å²) in [5.41, 5.74) is 3.53. The van der Waals surface area contributed by atoms with Crippen LogP contribution in [-0.2, 0) is 4.79 Å². The van der Waals surface area contributed by atoms with Gasteiger partial charge in [0.05, 0.1) is 5.69 Å². The van der Waals surface area contributed by atoms with E-state index in [1.54, 1.807) is 13.1 Å². The van der Waals surface area contributed by atoms with Crippen LogP contribution in [0.5, 0.6) is 0 Å². The predicted molar refractivity (Wildman–Crippen MR) is 126 cm³/mol. The average Bonchev–Trinajstić information content (AvgIpc) is 3.29. The Morgan fingerprint density at radius 3 is 2.44 bits per heavy atom. The van der Waals surface area contributed by atoms with E-state index in [-0.39, 0.29) is 5.91 Å². The summed E-state index contributed by atoms with van der Waals surface area (Å²) < 4.78 is 1.82. The first-order valence-electron chi connectivity index (χ1n) is 11.6. The fourth-order valence-electron chi connectivity index (χ4n) is 4.88. The molecule has 0 radical (unpaired) electrons. The number of halogens is 1. The van der Waals surface area contributed by atoms with E-state index in [4.69, 9.17) is 16.7 Å². The summed E-state index contributed by atoms with van der Waals surface area (Å²) in [4.78, 5) is 25.1. The lowest BCUT2D eigenvalue weighted by Gasteiger charge is -2.34. The number of alkyl halides is 1. The standard InChI is InChI=1S/C24H29ClN6O/c1-17(25)22(32)29-13-15-30(16-14-29)24-27-23-26-12-11-21(31(23)28-24)20-9-7-19(8-10-20)18-5-3-2-4-6-18/h7-12,17-18H,2-6,13-16H2,1H3.